The molecule has 0 unspecified atom stereocenters. The minimum Gasteiger partial charge on any atom is -0.481 e. The number of amides is 4. The highest BCUT2D eigenvalue weighted by atomic mass is 35.5. The first-order valence-corrected chi connectivity index (χ1v) is 20.1. The van der Waals surface area contributed by atoms with Gasteiger partial charge in [0.2, 0.25) is 11.8 Å². The normalized spacial score (nSPS) is 21.9. The lowest BCUT2D eigenvalue weighted by Crippen LogP contribution is -2.59. The summed E-state index contributed by atoms with van der Waals surface area (Å²) in [5.74, 6) is -7.04. The van der Waals surface area contributed by atoms with Crippen molar-refractivity contribution < 1.29 is 44.1 Å². The van der Waals surface area contributed by atoms with E-state index in [1.165, 1.54) is 24.3 Å². The molecule has 5 aromatic rings. The lowest BCUT2D eigenvalue weighted by Gasteiger charge is -2.27. The van der Waals surface area contributed by atoms with Gasteiger partial charge in [-0.3, -0.25) is 28.8 Å². The minimum atomic E-state index is -2.33. The molecule has 314 valence electrons. The zero-order chi connectivity index (χ0) is 43.5. The summed E-state index contributed by atoms with van der Waals surface area (Å²) in [6.07, 6.45) is -5.43. The molecule has 4 amide bonds. The molecule has 2 aliphatic rings. The van der Waals surface area contributed by atoms with Crippen molar-refractivity contribution in [3.63, 3.8) is 0 Å². The summed E-state index contributed by atoms with van der Waals surface area (Å²) in [5, 5.41) is 42.5. The first-order chi connectivity index (χ1) is 29.3. The Morgan fingerprint density at radius 2 is 1.05 bits per heavy atom. The molecule has 14 heteroatoms. The number of carbonyl (C=O) groups excluding carboxylic acids is 5. The molecule has 7 rings (SSSR count). The molecular weight excluding hydrogens is 800 g/mol. The second kappa shape index (κ2) is 20.5. The molecule has 2 aliphatic heterocycles. The number of benzene rings is 5. The number of halogens is 1. The number of aliphatic hydroxyl groups is 2. The summed E-state index contributed by atoms with van der Waals surface area (Å²) in [4.78, 5) is 82.0. The molecule has 7 N–H and O–H groups in total. The van der Waals surface area contributed by atoms with Crippen molar-refractivity contribution in [1.29, 1.82) is 0 Å². The maximum atomic E-state index is 14.5. The Hall–Kier alpha value is -6.67. The Bertz CT molecular complexity index is 2340. The zero-order valence-corrected chi connectivity index (χ0v) is 33.6. The Kier molecular flexibility index (Phi) is 14.8. The molecule has 0 saturated carbocycles. The van der Waals surface area contributed by atoms with E-state index in [0.717, 1.165) is 11.1 Å². The van der Waals surface area contributed by atoms with Crippen LogP contribution >= 0.6 is 11.6 Å². The van der Waals surface area contributed by atoms with Gasteiger partial charge in [-0.2, -0.15) is 0 Å². The van der Waals surface area contributed by atoms with Gasteiger partial charge in [0.05, 0.1) is 12.0 Å². The monoisotopic (exact) mass is 844 g/mol. The third-order valence-electron chi connectivity index (χ3n) is 10.5. The molecule has 5 aromatic carbocycles. The molecule has 0 radical (unpaired) electrons. The smallest absolute Gasteiger partial charge is 0.307 e. The van der Waals surface area contributed by atoms with Crippen LogP contribution in [0.3, 0.4) is 0 Å². The van der Waals surface area contributed by atoms with Gasteiger partial charge in [0.15, 0.2) is 18.0 Å². The van der Waals surface area contributed by atoms with E-state index in [1.807, 2.05) is 42.5 Å². The van der Waals surface area contributed by atoms with Crippen molar-refractivity contribution in [1.82, 2.24) is 16.0 Å². The number of carboxylic acids is 1. The third-order valence-corrected chi connectivity index (χ3v) is 10.8. The van der Waals surface area contributed by atoms with E-state index in [-0.39, 0.29) is 36.4 Å². The van der Waals surface area contributed by atoms with E-state index in [2.05, 4.69) is 21.3 Å². The van der Waals surface area contributed by atoms with Gasteiger partial charge in [0.1, 0.15) is 12.1 Å². The summed E-state index contributed by atoms with van der Waals surface area (Å²) in [6.45, 7) is 0. The van der Waals surface area contributed by atoms with Gasteiger partial charge in [-0.1, -0.05) is 127 Å². The number of carbonyl (C=O) groups is 6. The molecule has 61 heavy (non-hydrogen) atoms. The second-order valence-electron chi connectivity index (χ2n) is 14.9. The number of Topliss-reactive ketones (excluding diaryl/α,β-unsaturated/α-hetero) is 1. The fourth-order valence-corrected chi connectivity index (χ4v) is 7.26. The number of hydrogen-bond donors (Lipinski definition) is 7. The highest BCUT2D eigenvalue weighted by molar-refractivity contribution is 6.31. The fourth-order valence-electron chi connectivity index (χ4n) is 7.04. The molecule has 2 bridgehead atoms. The van der Waals surface area contributed by atoms with Gasteiger partial charge in [-0.05, 0) is 64.4 Å². The summed E-state index contributed by atoms with van der Waals surface area (Å²) in [5.41, 5.74) is 4.28. The van der Waals surface area contributed by atoms with Gasteiger partial charge in [-0.15, -0.1) is 0 Å². The summed E-state index contributed by atoms with van der Waals surface area (Å²) < 4.78 is 0. The standard InChI is InChI=1S/C47H45ClN4O9/c48-36-14-8-7-13-33(36)26-39-44(57)51-38(25-30-15-19-32(20-16-30)31-11-5-2-6-12-31)43(56)50-37(24-28-9-3-1-4-10-28)40(53)27-34(47(60)61)23-29-17-21-35(22-18-29)49-45(58)41(54)42(55)46(59)52-39/h1-22,34,37-39,41-42,54-55H,23-27H2,(H,49,58)(H,50,56)(H,51,57)(H,52,59)(H,60,61)/t34-,37-,38+,39-,41-,42-/m1/s1. The minimum absolute atomic E-state index is 0.0178. The van der Waals surface area contributed by atoms with Gasteiger partial charge in [0, 0.05) is 30.0 Å². The van der Waals surface area contributed by atoms with Crippen LogP contribution in [0.5, 0.6) is 0 Å². The summed E-state index contributed by atoms with van der Waals surface area (Å²) in [7, 11) is 0. The zero-order valence-electron chi connectivity index (χ0n) is 32.9. The first-order valence-electron chi connectivity index (χ1n) is 19.7. The number of anilines is 1. The van der Waals surface area contributed by atoms with Crippen LogP contribution in [-0.2, 0) is 54.5 Å². The predicted octanol–water partition coefficient (Wildman–Crippen LogP) is 4.07. The molecule has 13 nitrogen and oxygen atoms in total. The van der Waals surface area contributed by atoms with Gasteiger partial charge in [0.25, 0.3) is 11.8 Å². The maximum absolute atomic E-state index is 14.5. The van der Waals surface area contributed by atoms with Crippen molar-refractivity contribution in [3.8, 4) is 11.1 Å². The van der Waals surface area contributed by atoms with Crippen molar-refractivity contribution in [2.24, 2.45) is 5.92 Å². The van der Waals surface area contributed by atoms with Crippen molar-refractivity contribution >= 4 is 52.7 Å². The predicted molar refractivity (Wildman–Crippen MR) is 228 cm³/mol. The quantitative estimate of drug-likeness (QED) is 0.112. The number of aliphatic hydroxyl groups excluding tert-OH is 2. The van der Waals surface area contributed by atoms with E-state index in [4.69, 9.17) is 11.6 Å². The number of ketones is 1. The molecule has 0 aliphatic carbocycles. The molecular formula is C47H45ClN4O9. The second-order valence-corrected chi connectivity index (χ2v) is 15.3. The number of rotatable bonds is 8. The van der Waals surface area contributed by atoms with Gasteiger partial charge in [-0.25, -0.2) is 0 Å². The first kappa shape index (κ1) is 43.9. The maximum Gasteiger partial charge on any atom is 0.307 e. The fraction of sp³-hybridized carbons (Fsp3) is 0.234. The van der Waals surface area contributed by atoms with E-state index in [9.17, 15) is 44.1 Å². The van der Waals surface area contributed by atoms with Gasteiger partial charge < -0.3 is 36.6 Å². The Labute approximate surface area is 357 Å². The van der Waals surface area contributed by atoms with Crippen molar-refractivity contribution in [3.05, 3.63) is 161 Å². The molecule has 0 spiro atoms. The van der Waals surface area contributed by atoms with E-state index in [1.54, 1.807) is 66.7 Å². The Balaban J connectivity index is 1.39. The average Bonchev–Trinajstić information content (AvgIpc) is 3.26. The number of carboxylic acid groups (broad SMARTS) is 1. The number of aliphatic carboxylic acids is 1. The highest BCUT2D eigenvalue weighted by Gasteiger charge is 2.36. The lowest BCUT2D eigenvalue weighted by atomic mass is 9.90. The highest BCUT2D eigenvalue weighted by Crippen LogP contribution is 2.22. The van der Waals surface area contributed by atoms with E-state index >= 15 is 0 Å². The van der Waals surface area contributed by atoms with Crippen LogP contribution in [0.4, 0.5) is 5.69 Å². The Morgan fingerprint density at radius 1 is 0.541 bits per heavy atom. The molecule has 0 aromatic heterocycles. The van der Waals surface area contributed by atoms with Crippen LogP contribution in [0.25, 0.3) is 11.1 Å². The molecule has 6 atom stereocenters. The van der Waals surface area contributed by atoms with Crippen LogP contribution in [-0.4, -0.2) is 81.0 Å². The largest absolute Gasteiger partial charge is 0.481 e. The summed E-state index contributed by atoms with van der Waals surface area (Å²) >= 11 is 6.45. The topological polar surface area (TPSA) is 211 Å². The van der Waals surface area contributed by atoms with Crippen molar-refractivity contribution in [2.75, 3.05) is 5.32 Å². The molecule has 0 fully saturated rings. The van der Waals surface area contributed by atoms with E-state index in [0.29, 0.717) is 22.3 Å². The number of fused-ring (bicyclic) bond motifs is 18. The van der Waals surface area contributed by atoms with Crippen LogP contribution in [0.2, 0.25) is 5.02 Å². The molecule has 0 saturated heterocycles. The van der Waals surface area contributed by atoms with Crippen LogP contribution in [0.15, 0.2) is 133 Å². The molecule has 2 heterocycles. The third kappa shape index (κ3) is 12.0. The van der Waals surface area contributed by atoms with Crippen LogP contribution < -0.4 is 21.3 Å². The van der Waals surface area contributed by atoms with Crippen molar-refractivity contribution in [2.45, 2.75) is 62.4 Å². The SMILES string of the molecule is O=C(O)[C@H]1CC(=O)[C@@H](Cc2ccccc2)NC(=O)[C@H](Cc2ccc(-c3ccccc3)cc2)NC(=O)[C@@H](Cc2ccccc2Cl)NC(=O)[C@H](O)[C@@H](O)C(=O)Nc2ccc(cc2)C1. The lowest BCUT2D eigenvalue weighted by molar-refractivity contribution is -0.145. The number of hydrogen-bond acceptors (Lipinski definition) is 8. The van der Waals surface area contributed by atoms with Crippen LogP contribution in [0.1, 0.15) is 28.7 Å². The van der Waals surface area contributed by atoms with E-state index < -0.39 is 78.1 Å². The van der Waals surface area contributed by atoms with Gasteiger partial charge >= 0.3 is 5.97 Å². The number of nitrogens with one attached hydrogen (secondary N) is 4. The Morgan fingerprint density at radius 3 is 1.69 bits per heavy atom. The average molecular weight is 845 g/mol. The summed E-state index contributed by atoms with van der Waals surface area (Å²) in [6, 6.07) is 34.2. The van der Waals surface area contributed by atoms with Crippen LogP contribution in [0, 0.1) is 5.92 Å².